The summed E-state index contributed by atoms with van der Waals surface area (Å²) in [6, 6.07) is 5.69. The molecular formula is C18H25N5O3. The van der Waals surface area contributed by atoms with Gasteiger partial charge in [0, 0.05) is 32.6 Å². The standard InChI is InChI=1S/C18H25N5O3/c1-25-13-16-8-15(21-22-16)10-20-18(24)23-7-3-5-17(11-23)26-12-14-4-2-6-19-9-14/h2,4,6,8-9,17H,3,5,7,10-13H2,1H3,(H,20,24)(H,21,22)/t17-/m1/s1. The van der Waals surface area contributed by atoms with E-state index in [9.17, 15) is 4.79 Å². The molecule has 1 atom stereocenters. The van der Waals surface area contributed by atoms with E-state index < -0.39 is 0 Å². The Bertz CT molecular complexity index is 691. The second-order valence-corrected chi connectivity index (χ2v) is 6.36. The molecule has 140 valence electrons. The number of rotatable bonds is 7. The second kappa shape index (κ2) is 9.30. The number of amides is 2. The molecule has 26 heavy (non-hydrogen) atoms. The normalized spacial score (nSPS) is 17.3. The summed E-state index contributed by atoms with van der Waals surface area (Å²) in [6.07, 6.45) is 5.50. The van der Waals surface area contributed by atoms with Gasteiger partial charge in [-0.3, -0.25) is 10.1 Å². The van der Waals surface area contributed by atoms with E-state index in [4.69, 9.17) is 9.47 Å². The summed E-state index contributed by atoms with van der Waals surface area (Å²) in [5.74, 6) is 0. The number of carbonyl (C=O) groups excluding carboxylic acids is 1. The molecule has 2 aromatic rings. The first kappa shape index (κ1) is 18.3. The number of pyridine rings is 1. The Balaban J connectivity index is 1.43. The van der Waals surface area contributed by atoms with Gasteiger partial charge in [0.1, 0.15) is 0 Å². The van der Waals surface area contributed by atoms with Gasteiger partial charge in [0.05, 0.1) is 37.3 Å². The number of nitrogens with one attached hydrogen (secondary N) is 2. The summed E-state index contributed by atoms with van der Waals surface area (Å²) in [6.45, 7) is 2.73. The van der Waals surface area contributed by atoms with Crippen molar-refractivity contribution in [1.29, 1.82) is 0 Å². The molecule has 0 saturated carbocycles. The highest BCUT2D eigenvalue weighted by Crippen LogP contribution is 2.15. The SMILES string of the molecule is COCc1cc(CNC(=O)N2CCC[C@@H](OCc3cccnc3)C2)[nH]n1. The van der Waals surface area contributed by atoms with Gasteiger partial charge in [-0.25, -0.2) is 4.79 Å². The summed E-state index contributed by atoms with van der Waals surface area (Å²) in [7, 11) is 1.62. The molecule has 0 aromatic carbocycles. The third kappa shape index (κ3) is 5.27. The van der Waals surface area contributed by atoms with E-state index in [2.05, 4.69) is 20.5 Å². The monoisotopic (exact) mass is 359 g/mol. The Morgan fingerprint density at radius 2 is 2.38 bits per heavy atom. The van der Waals surface area contributed by atoms with E-state index in [1.165, 1.54) is 0 Å². The molecule has 1 saturated heterocycles. The van der Waals surface area contributed by atoms with E-state index in [1.807, 2.05) is 23.1 Å². The first-order chi connectivity index (χ1) is 12.7. The Morgan fingerprint density at radius 1 is 1.46 bits per heavy atom. The maximum Gasteiger partial charge on any atom is 0.317 e. The van der Waals surface area contributed by atoms with Crippen LogP contribution in [0.15, 0.2) is 30.6 Å². The average molecular weight is 359 g/mol. The van der Waals surface area contributed by atoms with Gasteiger partial charge in [-0.05, 0) is 30.5 Å². The highest BCUT2D eigenvalue weighted by Gasteiger charge is 2.24. The highest BCUT2D eigenvalue weighted by molar-refractivity contribution is 5.74. The predicted molar refractivity (Wildman–Crippen MR) is 95.2 cm³/mol. The fourth-order valence-corrected chi connectivity index (χ4v) is 2.96. The first-order valence-electron chi connectivity index (χ1n) is 8.80. The third-order valence-corrected chi connectivity index (χ3v) is 4.28. The van der Waals surface area contributed by atoms with Gasteiger partial charge in [0.15, 0.2) is 0 Å². The van der Waals surface area contributed by atoms with Gasteiger partial charge in [0.25, 0.3) is 0 Å². The van der Waals surface area contributed by atoms with Crippen LogP contribution in [0.3, 0.4) is 0 Å². The Kier molecular flexibility index (Phi) is 6.56. The molecule has 0 radical (unpaired) electrons. The van der Waals surface area contributed by atoms with E-state index in [0.717, 1.165) is 36.3 Å². The number of H-pyrrole nitrogens is 1. The fraction of sp³-hybridized carbons (Fsp3) is 0.500. The largest absolute Gasteiger partial charge is 0.378 e. The van der Waals surface area contributed by atoms with Crippen LogP contribution >= 0.6 is 0 Å². The Hall–Kier alpha value is -2.45. The lowest BCUT2D eigenvalue weighted by Gasteiger charge is -2.32. The van der Waals surface area contributed by atoms with Crippen molar-refractivity contribution in [2.45, 2.75) is 38.7 Å². The number of aromatic amines is 1. The number of hydrogen-bond donors (Lipinski definition) is 2. The lowest BCUT2D eigenvalue weighted by molar-refractivity contribution is -0.000466. The van der Waals surface area contributed by atoms with Crippen LogP contribution < -0.4 is 5.32 Å². The van der Waals surface area contributed by atoms with Gasteiger partial charge in [-0.1, -0.05) is 6.07 Å². The molecule has 8 nitrogen and oxygen atoms in total. The van der Waals surface area contributed by atoms with Crippen LogP contribution in [0.2, 0.25) is 0 Å². The smallest absolute Gasteiger partial charge is 0.317 e. The molecule has 1 fully saturated rings. The van der Waals surface area contributed by atoms with E-state index in [1.54, 1.807) is 19.5 Å². The summed E-state index contributed by atoms with van der Waals surface area (Å²) in [4.78, 5) is 18.3. The van der Waals surface area contributed by atoms with E-state index in [0.29, 0.717) is 26.3 Å². The number of piperidine rings is 1. The second-order valence-electron chi connectivity index (χ2n) is 6.36. The van der Waals surface area contributed by atoms with Crippen LogP contribution in [0, 0.1) is 0 Å². The number of carbonyl (C=O) groups is 1. The molecule has 8 heteroatoms. The topological polar surface area (TPSA) is 92.4 Å². The van der Waals surface area contributed by atoms with Crippen molar-refractivity contribution in [2.75, 3.05) is 20.2 Å². The average Bonchev–Trinajstić information content (AvgIpc) is 3.13. The van der Waals surface area contributed by atoms with Crippen LogP contribution in [0.5, 0.6) is 0 Å². The number of hydrogen-bond acceptors (Lipinski definition) is 5. The van der Waals surface area contributed by atoms with Gasteiger partial charge in [-0.2, -0.15) is 5.10 Å². The fourth-order valence-electron chi connectivity index (χ4n) is 2.96. The minimum absolute atomic E-state index is 0.0511. The maximum atomic E-state index is 12.4. The summed E-state index contributed by atoms with van der Waals surface area (Å²) >= 11 is 0. The first-order valence-corrected chi connectivity index (χ1v) is 8.80. The molecule has 1 aliphatic rings. The molecule has 1 aliphatic heterocycles. The van der Waals surface area contributed by atoms with Gasteiger partial charge in [0.2, 0.25) is 0 Å². The van der Waals surface area contributed by atoms with Crippen LogP contribution in [0.4, 0.5) is 4.79 Å². The van der Waals surface area contributed by atoms with Crippen LogP contribution in [-0.4, -0.2) is 52.4 Å². The molecule has 0 unspecified atom stereocenters. The molecule has 3 rings (SSSR count). The summed E-state index contributed by atoms with van der Waals surface area (Å²) < 4.78 is 11.0. The molecule has 0 spiro atoms. The van der Waals surface area contributed by atoms with Gasteiger partial charge < -0.3 is 19.7 Å². The minimum atomic E-state index is -0.0810. The Labute approximate surface area is 152 Å². The Morgan fingerprint density at radius 3 is 3.19 bits per heavy atom. The van der Waals surface area contributed by atoms with E-state index in [-0.39, 0.29) is 12.1 Å². The number of methoxy groups -OCH3 is 1. The molecule has 2 amide bonds. The van der Waals surface area contributed by atoms with Crippen molar-refractivity contribution in [2.24, 2.45) is 0 Å². The van der Waals surface area contributed by atoms with E-state index >= 15 is 0 Å². The lowest BCUT2D eigenvalue weighted by atomic mass is 10.1. The van der Waals surface area contributed by atoms with Crippen LogP contribution in [0.25, 0.3) is 0 Å². The van der Waals surface area contributed by atoms with Crippen molar-refractivity contribution in [3.63, 3.8) is 0 Å². The molecule has 0 bridgehead atoms. The summed E-state index contributed by atoms with van der Waals surface area (Å²) in [5, 5.41) is 9.95. The number of likely N-dealkylation sites (tertiary alicyclic amines) is 1. The molecular weight excluding hydrogens is 334 g/mol. The zero-order valence-corrected chi connectivity index (χ0v) is 15.0. The van der Waals surface area contributed by atoms with Crippen molar-refractivity contribution in [1.82, 2.24) is 25.4 Å². The van der Waals surface area contributed by atoms with Crippen molar-refractivity contribution < 1.29 is 14.3 Å². The van der Waals surface area contributed by atoms with Crippen molar-refractivity contribution in [3.8, 4) is 0 Å². The third-order valence-electron chi connectivity index (χ3n) is 4.28. The predicted octanol–water partition coefficient (Wildman–Crippen LogP) is 1.84. The molecule has 2 aromatic heterocycles. The molecule has 3 heterocycles. The lowest BCUT2D eigenvalue weighted by Crippen LogP contribution is -2.47. The van der Waals surface area contributed by atoms with Crippen molar-refractivity contribution >= 4 is 6.03 Å². The number of urea groups is 1. The van der Waals surface area contributed by atoms with Crippen molar-refractivity contribution in [3.05, 3.63) is 47.5 Å². The zero-order valence-electron chi connectivity index (χ0n) is 15.0. The maximum absolute atomic E-state index is 12.4. The summed E-state index contributed by atoms with van der Waals surface area (Å²) in [5.41, 5.74) is 2.71. The number of aromatic nitrogens is 3. The minimum Gasteiger partial charge on any atom is -0.378 e. The van der Waals surface area contributed by atoms with Gasteiger partial charge in [-0.15, -0.1) is 0 Å². The number of ether oxygens (including phenoxy) is 2. The van der Waals surface area contributed by atoms with Crippen LogP contribution in [-0.2, 0) is 29.2 Å². The molecule has 0 aliphatic carbocycles. The van der Waals surface area contributed by atoms with Crippen LogP contribution in [0.1, 0.15) is 29.8 Å². The molecule has 2 N–H and O–H groups in total. The number of nitrogens with zero attached hydrogens (tertiary/aromatic N) is 3. The quantitative estimate of drug-likeness (QED) is 0.787. The highest BCUT2D eigenvalue weighted by atomic mass is 16.5. The van der Waals surface area contributed by atoms with Gasteiger partial charge >= 0.3 is 6.03 Å². The zero-order chi connectivity index (χ0) is 18.2.